The fourth-order valence-electron chi connectivity index (χ4n) is 6.39. The van der Waals surface area contributed by atoms with Crippen molar-refractivity contribution < 1.29 is 0 Å². The van der Waals surface area contributed by atoms with Crippen LogP contribution < -0.4 is 0 Å². The van der Waals surface area contributed by atoms with Gasteiger partial charge in [0.25, 0.3) is 0 Å². The zero-order valence-corrected chi connectivity index (χ0v) is 23.8. The van der Waals surface area contributed by atoms with Gasteiger partial charge in [0.15, 0.2) is 0 Å². The van der Waals surface area contributed by atoms with Crippen LogP contribution in [-0.4, -0.2) is 23.0 Å². The van der Waals surface area contributed by atoms with E-state index in [-0.39, 0.29) is 12.0 Å². The second kappa shape index (κ2) is 12.1. The van der Waals surface area contributed by atoms with Crippen molar-refractivity contribution >= 4 is 17.5 Å². The van der Waals surface area contributed by atoms with Crippen LogP contribution in [0.15, 0.2) is 154 Å². The van der Waals surface area contributed by atoms with E-state index >= 15 is 0 Å². The van der Waals surface area contributed by atoms with E-state index in [4.69, 9.17) is 15.0 Å². The van der Waals surface area contributed by atoms with Crippen LogP contribution in [0, 0.1) is 11.8 Å². The van der Waals surface area contributed by atoms with Crippen molar-refractivity contribution in [2.75, 3.05) is 0 Å². The lowest BCUT2D eigenvalue weighted by Crippen LogP contribution is -2.24. The van der Waals surface area contributed by atoms with Crippen LogP contribution in [0.3, 0.4) is 0 Å². The molecule has 3 unspecified atom stereocenters. The van der Waals surface area contributed by atoms with Gasteiger partial charge in [-0.25, -0.2) is 0 Å². The predicted octanol–water partition coefficient (Wildman–Crippen LogP) is 9.15. The van der Waals surface area contributed by atoms with Gasteiger partial charge in [0.05, 0.1) is 17.4 Å². The summed E-state index contributed by atoms with van der Waals surface area (Å²) in [7, 11) is 0. The van der Waals surface area contributed by atoms with E-state index in [9.17, 15) is 0 Å². The van der Waals surface area contributed by atoms with E-state index in [0.717, 1.165) is 54.8 Å². The molecule has 4 aliphatic rings. The fourth-order valence-corrected chi connectivity index (χ4v) is 6.39. The monoisotopic (exact) mass is 545 g/mol. The third-order valence-corrected chi connectivity index (χ3v) is 8.65. The number of nitrogens with zero attached hydrogens (tertiary/aromatic N) is 3. The first kappa shape index (κ1) is 26.3. The largest absolute Gasteiger partial charge is 0.289 e. The van der Waals surface area contributed by atoms with Gasteiger partial charge >= 0.3 is 0 Å². The van der Waals surface area contributed by atoms with Crippen molar-refractivity contribution in [3.05, 3.63) is 156 Å². The van der Waals surface area contributed by atoms with Crippen molar-refractivity contribution in [1.29, 1.82) is 0 Å². The number of aliphatic imine (C=N–C) groups is 2. The van der Waals surface area contributed by atoms with Crippen LogP contribution in [0.25, 0.3) is 16.7 Å². The van der Waals surface area contributed by atoms with Gasteiger partial charge in [-0.1, -0.05) is 115 Å². The van der Waals surface area contributed by atoms with Gasteiger partial charge in [0, 0.05) is 41.9 Å². The van der Waals surface area contributed by atoms with Gasteiger partial charge in [0.1, 0.15) is 0 Å². The maximum absolute atomic E-state index is 5.22. The molecule has 3 nitrogen and oxygen atoms in total. The molecule has 206 valence electrons. The van der Waals surface area contributed by atoms with Crippen molar-refractivity contribution in [1.82, 2.24) is 4.98 Å². The van der Waals surface area contributed by atoms with Gasteiger partial charge in [-0.2, -0.15) is 0 Å². The Morgan fingerprint density at radius 1 is 0.714 bits per heavy atom. The summed E-state index contributed by atoms with van der Waals surface area (Å²) in [6, 6.07) is 25.8. The summed E-state index contributed by atoms with van der Waals surface area (Å²) < 4.78 is 0. The molecule has 1 aromatic heterocycles. The minimum absolute atomic E-state index is 0.246. The lowest BCUT2D eigenvalue weighted by atomic mass is 9.76. The minimum Gasteiger partial charge on any atom is -0.289 e. The van der Waals surface area contributed by atoms with Crippen molar-refractivity contribution in [3.63, 3.8) is 0 Å². The summed E-state index contributed by atoms with van der Waals surface area (Å²) in [5, 5.41) is 0. The summed E-state index contributed by atoms with van der Waals surface area (Å²) in [6.45, 7) is 0. The van der Waals surface area contributed by atoms with Gasteiger partial charge in [-0.15, -0.1) is 0 Å². The maximum Gasteiger partial charge on any atom is 0.0699 e. The number of pyridine rings is 1. The Morgan fingerprint density at radius 3 is 2.26 bits per heavy atom. The third kappa shape index (κ3) is 5.73. The average Bonchev–Trinajstić information content (AvgIpc) is 3.09. The van der Waals surface area contributed by atoms with E-state index in [1.165, 1.54) is 27.8 Å². The van der Waals surface area contributed by atoms with Gasteiger partial charge in [0.2, 0.25) is 0 Å². The number of dihydropyridines is 1. The Bertz CT molecular complexity index is 1680. The first-order chi connectivity index (χ1) is 20.8. The molecule has 0 saturated heterocycles. The molecular weight excluding hydrogens is 510 g/mol. The molecule has 0 radical (unpaired) electrons. The number of benzene rings is 2. The topological polar surface area (TPSA) is 37.6 Å². The second-order valence-corrected chi connectivity index (χ2v) is 11.5. The zero-order chi connectivity index (χ0) is 28.1. The molecule has 0 N–H and O–H groups in total. The maximum atomic E-state index is 5.22. The molecule has 0 bridgehead atoms. The van der Waals surface area contributed by atoms with E-state index in [1.807, 2.05) is 18.5 Å². The highest BCUT2D eigenvalue weighted by Gasteiger charge is 2.30. The quantitative estimate of drug-likeness (QED) is 0.304. The molecule has 0 fully saturated rings. The second-order valence-electron chi connectivity index (χ2n) is 11.5. The fraction of sp³-hybridized carbons (Fsp3) is 0.205. The molecule has 0 amide bonds. The Balaban J connectivity index is 1.26. The minimum atomic E-state index is 0.246. The standard InChI is InChI=1S/C39H35N3/c1-4-12-28(13-5-1)31-19-20-37(41-27-31)35-23-32(22-34(24-35)36-18-10-11-21-40-36)33-25-38(29-14-6-2-7-15-29)42-39(26-33)30-16-8-3-9-17-30/h1-2,4-8,10-17,19-21,23-24,26-27,33-34,36H,3,9,18,22,25H2. The number of hydrogen-bond acceptors (Lipinski definition) is 3. The average molecular weight is 546 g/mol. The smallest absolute Gasteiger partial charge is 0.0699 e. The number of rotatable bonds is 6. The molecule has 2 aliphatic carbocycles. The van der Waals surface area contributed by atoms with E-state index < -0.39 is 0 Å². The first-order valence-electron chi connectivity index (χ1n) is 15.1. The molecule has 3 aromatic rings. The first-order valence-corrected chi connectivity index (χ1v) is 15.1. The highest BCUT2D eigenvalue weighted by atomic mass is 14.8. The van der Waals surface area contributed by atoms with E-state index in [2.05, 4.69) is 115 Å². The molecule has 0 saturated carbocycles. The van der Waals surface area contributed by atoms with Crippen LogP contribution >= 0.6 is 0 Å². The van der Waals surface area contributed by atoms with E-state index in [0.29, 0.717) is 5.92 Å². The van der Waals surface area contributed by atoms with Gasteiger partial charge in [-0.3, -0.25) is 15.0 Å². The van der Waals surface area contributed by atoms with Crippen molar-refractivity contribution in [2.45, 2.75) is 38.1 Å². The molecule has 3 heterocycles. The molecule has 0 spiro atoms. The van der Waals surface area contributed by atoms with Gasteiger partial charge < -0.3 is 0 Å². The number of hydrogen-bond donors (Lipinski definition) is 0. The SMILES string of the molecule is C1=CCC(C2C=C(c3ccc(-c4ccccc4)cn3)C=C(C3C=C(C4=CCCC=C4)N=C(c4ccccc4)C3)C2)N=C1. The Kier molecular flexibility index (Phi) is 7.56. The molecule has 3 atom stereocenters. The van der Waals surface area contributed by atoms with Crippen LogP contribution in [-0.2, 0) is 0 Å². The van der Waals surface area contributed by atoms with Crippen LogP contribution in [0.1, 0.15) is 43.4 Å². The Hall–Kier alpha value is -4.63. The Labute approximate surface area is 248 Å². The third-order valence-electron chi connectivity index (χ3n) is 8.65. The number of allylic oxidation sites excluding steroid dienone is 8. The highest BCUT2D eigenvalue weighted by molar-refractivity contribution is 6.02. The summed E-state index contributed by atoms with van der Waals surface area (Å²) in [4.78, 5) is 15.1. The molecule has 7 rings (SSSR count). The van der Waals surface area contributed by atoms with Crippen LogP contribution in [0.5, 0.6) is 0 Å². The lowest BCUT2D eigenvalue weighted by Gasteiger charge is -2.32. The molecular formula is C39H35N3. The van der Waals surface area contributed by atoms with Gasteiger partial charge in [-0.05, 0) is 60.1 Å². The van der Waals surface area contributed by atoms with Crippen molar-refractivity contribution in [2.24, 2.45) is 21.8 Å². The number of aromatic nitrogens is 1. The van der Waals surface area contributed by atoms with Crippen LogP contribution in [0.2, 0.25) is 0 Å². The summed E-state index contributed by atoms with van der Waals surface area (Å²) in [5.74, 6) is 0.586. The molecule has 42 heavy (non-hydrogen) atoms. The molecule has 3 heteroatoms. The zero-order valence-electron chi connectivity index (χ0n) is 23.8. The summed E-state index contributed by atoms with van der Waals surface area (Å²) in [6.07, 6.45) is 27.4. The van der Waals surface area contributed by atoms with E-state index in [1.54, 1.807) is 0 Å². The van der Waals surface area contributed by atoms with Crippen LogP contribution in [0.4, 0.5) is 0 Å². The lowest BCUT2D eigenvalue weighted by molar-refractivity contribution is 0.483. The molecule has 2 aromatic carbocycles. The summed E-state index contributed by atoms with van der Waals surface area (Å²) in [5.41, 5.74) is 10.7. The summed E-state index contributed by atoms with van der Waals surface area (Å²) >= 11 is 0. The van der Waals surface area contributed by atoms with Crippen molar-refractivity contribution in [3.8, 4) is 11.1 Å². The predicted molar refractivity (Wildman–Crippen MR) is 176 cm³/mol. The molecule has 2 aliphatic heterocycles. The highest BCUT2D eigenvalue weighted by Crippen LogP contribution is 2.40. The Morgan fingerprint density at radius 2 is 1.55 bits per heavy atom. The normalized spacial score (nSPS) is 23.4.